The third-order valence-electron chi connectivity index (χ3n) is 2.43. The Hall–Kier alpha value is -0.0800. The minimum Gasteiger partial charge on any atom is -0.352 e. The zero-order valence-electron chi connectivity index (χ0n) is 9.51. The Morgan fingerprint density at radius 3 is 1.23 bits per heavy atom. The molecule has 0 aliphatic rings. The highest BCUT2D eigenvalue weighted by Crippen LogP contribution is 2.06. The normalized spacial score (nSPS) is 11.5. The molecule has 0 aromatic heterocycles. The van der Waals surface area contributed by atoms with Crippen molar-refractivity contribution in [1.82, 2.24) is 0 Å². The molecule has 0 N–H and O–H groups in total. The van der Waals surface area contributed by atoms with Crippen molar-refractivity contribution in [2.45, 2.75) is 65.6 Å². The molecule has 0 amide bonds. The van der Waals surface area contributed by atoms with E-state index in [1.54, 1.807) is 0 Å². The van der Waals surface area contributed by atoms with Crippen LogP contribution in [0.1, 0.15) is 53.4 Å². The van der Waals surface area contributed by atoms with Crippen LogP contribution in [0, 0.1) is 0 Å². The van der Waals surface area contributed by atoms with Crippen LogP contribution in [0.5, 0.6) is 0 Å². The van der Waals surface area contributed by atoms with Crippen molar-refractivity contribution in [3.05, 3.63) is 0 Å². The van der Waals surface area contributed by atoms with E-state index in [0.29, 0.717) is 19.0 Å². The summed E-state index contributed by atoms with van der Waals surface area (Å²) < 4.78 is 11.1. The summed E-state index contributed by atoms with van der Waals surface area (Å²) >= 11 is 0. The first-order chi connectivity index (χ1) is 6.28. The predicted octanol–water partition coefficient (Wildman–Crippen LogP) is 3.35. The first-order valence-corrected chi connectivity index (χ1v) is 5.51. The Morgan fingerprint density at radius 2 is 1.00 bits per heavy atom. The van der Waals surface area contributed by atoms with Crippen molar-refractivity contribution in [2.24, 2.45) is 0 Å². The van der Waals surface area contributed by atoms with Crippen molar-refractivity contribution in [2.75, 3.05) is 6.79 Å². The maximum absolute atomic E-state index is 5.55. The van der Waals surface area contributed by atoms with Gasteiger partial charge in [0.15, 0.2) is 0 Å². The van der Waals surface area contributed by atoms with Gasteiger partial charge < -0.3 is 9.47 Å². The van der Waals surface area contributed by atoms with E-state index in [0.717, 1.165) is 25.7 Å². The number of ether oxygens (including phenoxy) is 2. The standard InChI is InChI=1S/C11H24O2/c1-5-10(6-2)12-9-13-11(7-3)8-4/h10-11H,5-9H2,1-4H3. The van der Waals surface area contributed by atoms with Crippen LogP contribution in [0.3, 0.4) is 0 Å². The molecule has 0 aliphatic carbocycles. The minimum atomic E-state index is 0.370. The van der Waals surface area contributed by atoms with Gasteiger partial charge in [-0.1, -0.05) is 27.7 Å². The van der Waals surface area contributed by atoms with Gasteiger partial charge in [-0.15, -0.1) is 0 Å². The van der Waals surface area contributed by atoms with Gasteiger partial charge in [0.25, 0.3) is 0 Å². The molecule has 0 unspecified atom stereocenters. The van der Waals surface area contributed by atoms with Crippen LogP contribution in [0.15, 0.2) is 0 Å². The van der Waals surface area contributed by atoms with E-state index in [9.17, 15) is 0 Å². The number of rotatable bonds is 8. The second kappa shape index (κ2) is 8.52. The maximum Gasteiger partial charge on any atom is 0.147 e. The molecule has 13 heavy (non-hydrogen) atoms. The molecule has 0 aliphatic heterocycles. The summed E-state index contributed by atoms with van der Waals surface area (Å²) in [6, 6.07) is 0. The molecule has 0 radical (unpaired) electrons. The van der Waals surface area contributed by atoms with Crippen molar-refractivity contribution >= 4 is 0 Å². The number of hydrogen-bond donors (Lipinski definition) is 0. The first-order valence-electron chi connectivity index (χ1n) is 5.51. The van der Waals surface area contributed by atoms with Gasteiger partial charge in [-0.25, -0.2) is 0 Å². The van der Waals surface area contributed by atoms with Gasteiger partial charge in [-0.2, -0.15) is 0 Å². The Labute approximate surface area is 82.6 Å². The van der Waals surface area contributed by atoms with Crippen molar-refractivity contribution in [3.63, 3.8) is 0 Å². The first kappa shape index (κ1) is 12.9. The van der Waals surface area contributed by atoms with Gasteiger partial charge in [0, 0.05) is 0 Å². The smallest absolute Gasteiger partial charge is 0.147 e. The highest BCUT2D eigenvalue weighted by atomic mass is 16.7. The zero-order chi connectivity index (χ0) is 10.1. The fourth-order valence-electron chi connectivity index (χ4n) is 1.28. The highest BCUT2D eigenvalue weighted by molar-refractivity contribution is 4.51. The van der Waals surface area contributed by atoms with Gasteiger partial charge >= 0.3 is 0 Å². The summed E-state index contributed by atoms with van der Waals surface area (Å²) in [4.78, 5) is 0. The fourth-order valence-corrected chi connectivity index (χ4v) is 1.28. The summed E-state index contributed by atoms with van der Waals surface area (Å²) in [7, 11) is 0. The molecular formula is C11H24O2. The average Bonchev–Trinajstić information content (AvgIpc) is 2.19. The monoisotopic (exact) mass is 188 g/mol. The van der Waals surface area contributed by atoms with Crippen LogP contribution in [-0.4, -0.2) is 19.0 Å². The van der Waals surface area contributed by atoms with Gasteiger partial charge in [0.2, 0.25) is 0 Å². The van der Waals surface area contributed by atoms with E-state index in [2.05, 4.69) is 27.7 Å². The molecule has 0 spiro atoms. The minimum absolute atomic E-state index is 0.370. The molecular weight excluding hydrogens is 164 g/mol. The van der Waals surface area contributed by atoms with E-state index in [-0.39, 0.29) is 0 Å². The largest absolute Gasteiger partial charge is 0.352 e. The summed E-state index contributed by atoms with van der Waals surface area (Å²) in [5, 5.41) is 0. The lowest BCUT2D eigenvalue weighted by Gasteiger charge is -2.17. The molecule has 0 atom stereocenters. The Balaban J connectivity index is 3.41. The Kier molecular flexibility index (Phi) is 8.46. The molecule has 2 heteroatoms. The fraction of sp³-hybridized carbons (Fsp3) is 1.00. The molecule has 0 bridgehead atoms. The van der Waals surface area contributed by atoms with Crippen LogP contribution < -0.4 is 0 Å². The topological polar surface area (TPSA) is 18.5 Å². The van der Waals surface area contributed by atoms with Crippen molar-refractivity contribution in [3.8, 4) is 0 Å². The molecule has 80 valence electrons. The predicted molar refractivity (Wildman–Crippen MR) is 55.8 cm³/mol. The third kappa shape index (κ3) is 6.05. The van der Waals surface area contributed by atoms with Crippen LogP contribution in [0.4, 0.5) is 0 Å². The third-order valence-corrected chi connectivity index (χ3v) is 2.43. The van der Waals surface area contributed by atoms with E-state index in [1.165, 1.54) is 0 Å². The lowest BCUT2D eigenvalue weighted by Crippen LogP contribution is -2.18. The van der Waals surface area contributed by atoms with Crippen LogP contribution >= 0.6 is 0 Å². The molecule has 0 aromatic rings. The van der Waals surface area contributed by atoms with E-state index < -0.39 is 0 Å². The van der Waals surface area contributed by atoms with Gasteiger partial charge in [-0.3, -0.25) is 0 Å². The molecule has 0 heterocycles. The second-order valence-corrected chi connectivity index (χ2v) is 3.33. The molecule has 0 saturated carbocycles. The molecule has 0 saturated heterocycles. The van der Waals surface area contributed by atoms with Crippen LogP contribution in [0.2, 0.25) is 0 Å². The summed E-state index contributed by atoms with van der Waals surface area (Å²) in [6.07, 6.45) is 5.03. The lowest BCUT2D eigenvalue weighted by molar-refractivity contribution is -0.120. The second-order valence-electron chi connectivity index (χ2n) is 3.33. The Bertz CT molecular complexity index is 84.3. The summed E-state index contributed by atoms with van der Waals surface area (Å²) in [5.74, 6) is 0. The van der Waals surface area contributed by atoms with Gasteiger partial charge in [0.1, 0.15) is 6.79 Å². The molecule has 0 aromatic carbocycles. The maximum atomic E-state index is 5.55. The Morgan fingerprint density at radius 1 is 0.692 bits per heavy atom. The summed E-state index contributed by atoms with van der Waals surface area (Å²) in [5.41, 5.74) is 0. The molecule has 0 fully saturated rings. The van der Waals surface area contributed by atoms with Crippen LogP contribution in [0.25, 0.3) is 0 Å². The SMILES string of the molecule is CCC(CC)OCOC(CC)CC. The molecule has 2 nitrogen and oxygen atoms in total. The quantitative estimate of drug-likeness (QED) is 0.544. The number of hydrogen-bond acceptors (Lipinski definition) is 2. The van der Waals surface area contributed by atoms with Gasteiger partial charge in [0.05, 0.1) is 12.2 Å². The van der Waals surface area contributed by atoms with E-state index >= 15 is 0 Å². The van der Waals surface area contributed by atoms with Gasteiger partial charge in [-0.05, 0) is 25.7 Å². The van der Waals surface area contributed by atoms with E-state index in [1.807, 2.05) is 0 Å². The summed E-state index contributed by atoms with van der Waals surface area (Å²) in [6.45, 7) is 9.03. The lowest BCUT2D eigenvalue weighted by atomic mass is 10.2. The molecule has 0 rings (SSSR count). The average molecular weight is 188 g/mol. The zero-order valence-corrected chi connectivity index (χ0v) is 9.51. The van der Waals surface area contributed by atoms with Crippen molar-refractivity contribution in [1.29, 1.82) is 0 Å². The van der Waals surface area contributed by atoms with Crippen LogP contribution in [-0.2, 0) is 9.47 Å². The van der Waals surface area contributed by atoms with E-state index in [4.69, 9.17) is 9.47 Å². The van der Waals surface area contributed by atoms with Crippen molar-refractivity contribution < 1.29 is 9.47 Å². The highest BCUT2D eigenvalue weighted by Gasteiger charge is 2.06.